The summed E-state index contributed by atoms with van der Waals surface area (Å²) >= 11 is 0. The molecule has 1 rings (SSSR count). The van der Waals surface area contributed by atoms with Crippen molar-refractivity contribution in [2.24, 2.45) is 5.92 Å². The molecule has 0 heterocycles. The fourth-order valence-electron chi connectivity index (χ4n) is 2.91. The van der Waals surface area contributed by atoms with Crippen LogP contribution in [0.5, 0.6) is 0 Å². The summed E-state index contributed by atoms with van der Waals surface area (Å²) in [5.74, 6) is -1.30. The maximum atomic E-state index is 12.9. The number of aliphatic hydroxyl groups is 3. The van der Waals surface area contributed by atoms with Crippen molar-refractivity contribution in [1.82, 2.24) is 5.32 Å². The van der Waals surface area contributed by atoms with Crippen molar-refractivity contribution in [3.8, 4) is 0 Å². The van der Waals surface area contributed by atoms with Crippen LogP contribution in [-0.4, -0.2) is 51.4 Å². The van der Waals surface area contributed by atoms with E-state index in [1.807, 2.05) is 19.9 Å². The quantitative estimate of drug-likeness (QED) is 0.552. The van der Waals surface area contributed by atoms with Crippen LogP contribution in [0, 0.1) is 5.92 Å². The number of ketones is 1. The van der Waals surface area contributed by atoms with Gasteiger partial charge in [0.25, 0.3) is 0 Å². The predicted octanol–water partition coefficient (Wildman–Crippen LogP) is 2.52. The number of amides is 1. The normalized spacial score (nSPS) is 35.5. The van der Waals surface area contributed by atoms with Crippen LogP contribution in [0.2, 0.25) is 0 Å². The lowest BCUT2D eigenvalue weighted by Crippen LogP contribution is -2.45. The molecule has 30 heavy (non-hydrogen) atoms. The highest BCUT2D eigenvalue weighted by Gasteiger charge is 2.26. The van der Waals surface area contributed by atoms with E-state index in [4.69, 9.17) is 0 Å². The van der Waals surface area contributed by atoms with Crippen LogP contribution >= 0.6 is 0 Å². The maximum Gasteiger partial charge on any atom is 0.249 e. The molecular formula is C24H35NO5. The third-order valence-corrected chi connectivity index (χ3v) is 4.98. The van der Waals surface area contributed by atoms with Crippen LogP contribution in [0.1, 0.15) is 47.5 Å². The van der Waals surface area contributed by atoms with Gasteiger partial charge in [0.15, 0.2) is 5.78 Å². The summed E-state index contributed by atoms with van der Waals surface area (Å²) in [5.41, 5.74) is 2.19. The van der Waals surface area contributed by atoms with Crippen molar-refractivity contribution in [2.75, 3.05) is 0 Å². The molecule has 0 aromatic carbocycles. The Morgan fingerprint density at radius 3 is 2.13 bits per heavy atom. The first-order valence-corrected chi connectivity index (χ1v) is 10.3. The second-order valence-electron chi connectivity index (χ2n) is 7.93. The molecule has 0 aromatic heterocycles. The Hall–Kier alpha value is -2.28. The van der Waals surface area contributed by atoms with Gasteiger partial charge in [-0.05, 0) is 46.1 Å². The van der Waals surface area contributed by atoms with Crippen molar-refractivity contribution in [3.63, 3.8) is 0 Å². The van der Waals surface area contributed by atoms with E-state index < -0.39 is 36.2 Å². The Kier molecular flexibility index (Phi) is 10.7. The lowest BCUT2D eigenvalue weighted by atomic mass is 9.90. The first-order valence-electron chi connectivity index (χ1n) is 10.3. The zero-order chi connectivity index (χ0) is 22.8. The number of Topliss-reactive ketones (excluding diaryl/α,β-unsaturated/α-hetero) is 1. The van der Waals surface area contributed by atoms with Gasteiger partial charge in [-0.1, -0.05) is 60.6 Å². The Labute approximate surface area is 179 Å². The topological polar surface area (TPSA) is 107 Å². The molecule has 6 heteroatoms. The minimum absolute atomic E-state index is 0.157. The number of hydrogen-bond acceptors (Lipinski definition) is 5. The minimum Gasteiger partial charge on any atom is -0.389 e. The zero-order valence-corrected chi connectivity index (χ0v) is 18.5. The average molecular weight is 418 g/mol. The van der Waals surface area contributed by atoms with Crippen molar-refractivity contribution in [2.45, 2.75) is 71.8 Å². The van der Waals surface area contributed by atoms with Gasteiger partial charge in [-0.2, -0.15) is 0 Å². The van der Waals surface area contributed by atoms with E-state index in [1.54, 1.807) is 50.3 Å². The first-order chi connectivity index (χ1) is 14.0. The smallest absolute Gasteiger partial charge is 0.249 e. The monoisotopic (exact) mass is 417 g/mol. The second kappa shape index (κ2) is 12.4. The number of carbonyl (C=O) groups excluding carboxylic acids is 2. The molecular weight excluding hydrogens is 382 g/mol. The number of carbonyl (C=O) groups is 2. The van der Waals surface area contributed by atoms with E-state index >= 15 is 0 Å². The first kappa shape index (κ1) is 25.8. The number of allylic oxidation sites excluding steroid dienone is 5. The SMILES string of the molecule is CC1=C\C[C@@H](O)/C=C/C(C)=C/[C@H](NC(=O)[C@H](C)O)[C@H](C)C(=O)/C(C)=C/C[C@@H](O)\C=C\1. The Balaban J connectivity index is 3.30. The molecule has 0 saturated heterocycles. The highest BCUT2D eigenvalue weighted by atomic mass is 16.3. The van der Waals surface area contributed by atoms with E-state index in [2.05, 4.69) is 5.32 Å². The Morgan fingerprint density at radius 1 is 1.03 bits per heavy atom. The molecule has 1 amide bonds. The molecule has 1 aliphatic rings. The van der Waals surface area contributed by atoms with Crippen molar-refractivity contribution >= 4 is 11.7 Å². The molecule has 0 aliphatic heterocycles. The van der Waals surface area contributed by atoms with Gasteiger partial charge in [-0.25, -0.2) is 0 Å². The molecule has 166 valence electrons. The van der Waals surface area contributed by atoms with E-state index in [-0.39, 0.29) is 12.2 Å². The van der Waals surface area contributed by atoms with Gasteiger partial charge >= 0.3 is 0 Å². The van der Waals surface area contributed by atoms with Crippen LogP contribution in [0.3, 0.4) is 0 Å². The minimum atomic E-state index is -1.20. The molecule has 0 aromatic rings. The van der Waals surface area contributed by atoms with Gasteiger partial charge in [-0.3, -0.25) is 9.59 Å². The third-order valence-electron chi connectivity index (χ3n) is 4.98. The molecule has 0 fully saturated rings. The molecule has 0 radical (unpaired) electrons. The average Bonchev–Trinajstić information content (AvgIpc) is 2.70. The fraction of sp³-hybridized carbons (Fsp3) is 0.500. The predicted molar refractivity (Wildman–Crippen MR) is 119 cm³/mol. The molecule has 1 aliphatic carbocycles. The van der Waals surface area contributed by atoms with E-state index in [1.165, 1.54) is 6.92 Å². The van der Waals surface area contributed by atoms with Crippen LogP contribution in [0.25, 0.3) is 0 Å². The highest BCUT2D eigenvalue weighted by Crippen LogP contribution is 2.16. The summed E-state index contributed by atoms with van der Waals surface area (Å²) in [6.45, 7) is 8.48. The van der Waals surface area contributed by atoms with Crippen LogP contribution < -0.4 is 5.32 Å². The van der Waals surface area contributed by atoms with Crippen molar-refractivity contribution in [1.29, 1.82) is 0 Å². The summed E-state index contributed by atoms with van der Waals surface area (Å²) in [6, 6.07) is -0.632. The number of hydrogen-bond donors (Lipinski definition) is 4. The van der Waals surface area contributed by atoms with Gasteiger partial charge in [0.05, 0.1) is 18.2 Å². The van der Waals surface area contributed by atoms with Gasteiger partial charge in [0.1, 0.15) is 6.10 Å². The fourth-order valence-corrected chi connectivity index (χ4v) is 2.91. The highest BCUT2D eigenvalue weighted by molar-refractivity contribution is 5.97. The molecule has 0 bridgehead atoms. The molecule has 5 atom stereocenters. The van der Waals surface area contributed by atoms with Crippen molar-refractivity contribution < 1.29 is 24.9 Å². The second-order valence-corrected chi connectivity index (χ2v) is 7.93. The summed E-state index contributed by atoms with van der Waals surface area (Å²) < 4.78 is 0. The zero-order valence-electron chi connectivity index (χ0n) is 18.5. The molecule has 4 N–H and O–H groups in total. The molecule has 0 saturated carbocycles. The molecule has 0 spiro atoms. The summed E-state index contributed by atoms with van der Waals surface area (Å²) in [7, 11) is 0. The largest absolute Gasteiger partial charge is 0.389 e. The van der Waals surface area contributed by atoms with E-state index in [0.29, 0.717) is 12.0 Å². The Morgan fingerprint density at radius 2 is 1.57 bits per heavy atom. The van der Waals surface area contributed by atoms with E-state index in [0.717, 1.165) is 11.1 Å². The summed E-state index contributed by atoms with van der Waals surface area (Å²) in [6.07, 6.45) is 10.2. The van der Waals surface area contributed by atoms with Crippen molar-refractivity contribution in [3.05, 3.63) is 59.3 Å². The summed E-state index contributed by atoms with van der Waals surface area (Å²) in [4.78, 5) is 24.9. The summed E-state index contributed by atoms with van der Waals surface area (Å²) in [5, 5.41) is 32.6. The lowest BCUT2D eigenvalue weighted by molar-refractivity contribution is -0.129. The van der Waals surface area contributed by atoms with Gasteiger partial charge in [-0.15, -0.1) is 0 Å². The van der Waals surface area contributed by atoms with Crippen LogP contribution in [-0.2, 0) is 9.59 Å². The lowest BCUT2D eigenvalue weighted by Gasteiger charge is -2.23. The maximum absolute atomic E-state index is 12.9. The molecule has 0 unspecified atom stereocenters. The molecule has 6 nitrogen and oxygen atoms in total. The van der Waals surface area contributed by atoms with Gasteiger partial charge < -0.3 is 20.6 Å². The number of nitrogens with one attached hydrogen (secondary N) is 1. The Bertz CT molecular complexity index is 758. The number of aliphatic hydroxyl groups excluding tert-OH is 3. The third kappa shape index (κ3) is 9.03. The van der Waals surface area contributed by atoms with Crippen LogP contribution in [0.15, 0.2) is 59.3 Å². The van der Waals surface area contributed by atoms with Gasteiger partial charge in [0.2, 0.25) is 5.91 Å². The number of rotatable bonds is 2. The van der Waals surface area contributed by atoms with Crippen LogP contribution in [0.4, 0.5) is 0 Å². The standard InChI is InChI=1S/C24H35NO5/c1-15-6-10-20(27)12-8-16(2)14-22(25-24(30)19(5)26)18(4)23(29)17(3)9-13-21(28)11-7-15/h6-9,11-12,14,18-22,26-28H,10,13H2,1-5H3,(H,25,30)/b11-7+,12-8+,15-6+,16-14+,17-9+/t18-,19-,20+,21-,22-/m0/s1. The van der Waals surface area contributed by atoms with Gasteiger partial charge in [0, 0.05) is 5.92 Å². The van der Waals surface area contributed by atoms with E-state index in [9.17, 15) is 24.9 Å².